The third kappa shape index (κ3) is 3.86. The number of hydrogen-bond donors (Lipinski definition) is 3. The number of nitro benzene ring substituents is 1. The van der Waals surface area contributed by atoms with E-state index in [1.807, 2.05) is 0 Å². The molecule has 3 N–H and O–H groups in total. The van der Waals surface area contributed by atoms with Crippen LogP contribution in [0.4, 0.5) is 11.4 Å². The van der Waals surface area contributed by atoms with E-state index in [2.05, 4.69) is 5.32 Å². The Balaban J connectivity index is 2.24. The Morgan fingerprint density at radius 1 is 1.26 bits per heavy atom. The molecule has 2 aromatic carbocycles. The lowest BCUT2D eigenvalue weighted by Crippen LogP contribution is -2.31. The minimum atomic E-state index is -1.74. The van der Waals surface area contributed by atoms with Gasteiger partial charge in [0.25, 0.3) is 11.6 Å². The fourth-order valence-electron chi connectivity index (χ4n) is 1.96. The summed E-state index contributed by atoms with van der Waals surface area (Å²) in [6, 6.07) is 8.33. The molecule has 0 radical (unpaired) electrons. The van der Waals surface area contributed by atoms with Crippen molar-refractivity contribution in [2.24, 2.45) is 0 Å². The van der Waals surface area contributed by atoms with E-state index < -0.39 is 17.9 Å². The molecule has 0 saturated carbocycles. The van der Waals surface area contributed by atoms with Gasteiger partial charge in [-0.3, -0.25) is 14.9 Å². The zero-order chi connectivity index (χ0) is 17.1. The second kappa shape index (κ2) is 6.78. The Morgan fingerprint density at radius 3 is 2.52 bits per heavy atom. The first-order chi connectivity index (χ1) is 10.8. The van der Waals surface area contributed by atoms with Gasteiger partial charge >= 0.3 is 7.12 Å². The van der Waals surface area contributed by atoms with Crippen LogP contribution < -0.4 is 10.8 Å². The quantitative estimate of drug-likeness (QED) is 0.445. The Hall–Kier alpha value is -2.42. The molecule has 1 amide bonds. The Bertz CT molecular complexity index is 782. The van der Waals surface area contributed by atoms with Gasteiger partial charge in [0, 0.05) is 33.4 Å². The third-order valence-corrected chi connectivity index (χ3v) is 3.53. The summed E-state index contributed by atoms with van der Waals surface area (Å²) in [5.41, 5.74) is 0.920. The Kier molecular flexibility index (Phi) is 5.00. The van der Waals surface area contributed by atoms with Gasteiger partial charge in [-0.1, -0.05) is 23.7 Å². The molecule has 0 aliphatic carbocycles. The van der Waals surface area contributed by atoms with Crippen molar-refractivity contribution in [2.75, 3.05) is 5.32 Å². The molecule has 2 rings (SSSR count). The van der Waals surface area contributed by atoms with Gasteiger partial charge in [-0.05, 0) is 25.1 Å². The number of nitrogens with one attached hydrogen (secondary N) is 1. The van der Waals surface area contributed by atoms with E-state index in [-0.39, 0.29) is 27.4 Å². The van der Waals surface area contributed by atoms with E-state index in [9.17, 15) is 14.9 Å². The van der Waals surface area contributed by atoms with E-state index in [1.165, 1.54) is 30.3 Å². The molecule has 2 aromatic rings. The maximum atomic E-state index is 12.1. The lowest BCUT2D eigenvalue weighted by molar-refractivity contribution is -0.385. The van der Waals surface area contributed by atoms with Crippen molar-refractivity contribution in [1.29, 1.82) is 0 Å². The Labute approximate surface area is 136 Å². The van der Waals surface area contributed by atoms with Crippen molar-refractivity contribution in [3.8, 4) is 0 Å². The fraction of sp³-hybridized carbons (Fsp3) is 0.0714. The second-order valence-corrected chi connectivity index (χ2v) is 5.23. The normalized spacial score (nSPS) is 10.3. The number of halogens is 1. The number of rotatable bonds is 4. The van der Waals surface area contributed by atoms with Crippen LogP contribution in [-0.4, -0.2) is 28.0 Å². The van der Waals surface area contributed by atoms with E-state index >= 15 is 0 Å². The first-order valence-electron chi connectivity index (χ1n) is 6.51. The number of amides is 1. The standard InChI is InChI=1S/C14H12BClN2O5/c1-8-2-4-10(7-13(8)18(22)23)17-14(19)9-3-5-11(15(20)21)12(16)6-9/h2-7,20-21H,1H3,(H,17,19). The lowest BCUT2D eigenvalue weighted by Gasteiger charge is -2.08. The van der Waals surface area contributed by atoms with E-state index in [0.29, 0.717) is 5.56 Å². The van der Waals surface area contributed by atoms with Crippen molar-refractivity contribution in [3.05, 3.63) is 62.7 Å². The minimum Gasteiger partial charge on any atom is -0.423 e. The van der Waals surface area contributed by atoms with Gasteiger partial charge in [-0.15, -0.1) is 0 Å². The monoisotopic (exact) mass is 334 g/mol. The van der Waals surface area contributed by atoms with Crippen LogP contribution in [0.1, 0.15) is 15.9 Å². The molecule has 0 unspecified atom stereocenters. The molecular weight excluding hydrogens is 322 g/mol. The third-order valence-electron chi connectivity index (χ3n) is 3.20. The molecule has 0 fully saturated rings. The number of hydrogen-bond acceptors (Lipinski definition) is 5. The van der Waals surface area contributed by atoms with Crippen LogP contribution in [0, 0.1) is 17.0 Å². The average molecular weight is 335 g/mol. The summed E-state index contributed by atoms with van der Waals surface area (Å²) in [5, 5.41) is 31.6. The fourth-order valence-corrected chi connectivity index (χ4v) is 2.24. The smallest absolute Gasteiger partial charge is 0.423 e. The molecule has 0 spiro atoms. The molecule has 0 aliphatic heterocycles. The van der Waals surface area contributed by atoms with Gasteiger partial charge in [0.15, 0.2) is 0 Å². The number of nitrogens with zero attached hydrogens (tertiary/aromatic N) is 1. The first kappa shape index (κ1) is 16.9. The molecule has 0 saturated heterocycles. The van der Waals surface area contributed by atoms with Gasteiger partial charge in [0.1, 0.15) is 0 Å². The van der Waals surface area contributed by atoms with Crippen molar-refractivity contribution in [1.82, 2.24) is 0 Å². The summed E-state index contributed by atoms with van der Waals surface area (Å²) in [5.74, 6) is -0.524. The molecular formula is C14H12BClN2O5. The highest BCUT2D eigenvalue weighted by Gasteiger charge is 2.18. The maximum Gasteiger partial charge on any atom is 0.489 e. The van der Waals surface area contributed by atoms with E-state index in [1.54, 1.807) is 13.0 Å². The lowest BCUT2D eigenvalue weighted by atomic mass is 9.80. The SMILES string of the molecule is Cc1ccc(NC(=O)c2ccc(B(O)O)c(Cl)c2)cc1[N+](=O)[O-]. The van der Waals surface area contributed by atoms with E-state index in [4.69, 9.17) is 21.6 Å². The van der Waals surface area contributed by atoms with Gasteiger partial charge in [0.2, 0.25) is 0 Å². The molecule has 0 aliphatic rings. The largest absolute Gasteiger partial charge is 0.489 e. The molecule has 0 aromatic heterocycles. The van der Waals surface area contributed by atoms with Crippen LogP contribution in [0.25, 0.3) is 0 Å². The predicted octanol–water partition coefficient (Wildman–Crippen LogP) is 1.49. The summed E-state index contributed by atoms with van der Waals surface area (Å²) in [7, 11) is -1.74. The zero-order valence-electron chi connectivity index (χ0n) is 12.0. The number of carbonyl (C=O) groups excluding carboxylic acids is 1. The van der Waals surface area contributed by atoms with Crippen LogP contribution in [0.3, 0.4) is 0 Å². The zero-order valence-corrected chi connectivity index (χ0v) is 12.7. The van der Waals surface area contributed by atoms with Crippen LogP contribution in [0.5, 0.6) is 0 Å². The van der Waals surface area contributed by atoms with Gasteiger partial charge in [-0.2, -0.15) is 0 Å². The van der Waals surface area contributed by atoms with Crippen LogP contribution >= 0.6 is 11.6 Å². The second-order valence-electron chi connectivity index (χ2n) is 4.82. The van der Waals surface area contributed by atoms with Crippen molar-refractivity contribution in [2.45, 2.75) is 6.92 Å². The number of carbonyl (C=O) groups is 1. The van der Waals surface area contributed by atoms with Crippen molar-refractivity contribution < 1.29 is 19.8 Å². The predicted molar refractivity (Wildman–Crippen MR) is 87.1 cm³/mol. The molecule has 0 atom stereocenters. The average Bonchev–Trinajstić information content (AvgIpc) is 2.48. The van der Waals surface area contributed by atoms with Crippen molar-refractivity contribution >= 4 is 41.5 Å². The summed E-state index contributed by atoms with van der Waals surface area (Å²) in [6.45, 7) is 1.60. The van der Waals surface area contributed by atoms with Crippen LogP contribution in [0.2, 0.25) is 5.02 Å². The molecule has 0 bridgehead atoms. The summed E-state index contributed by atoms with van der Waals surface area (Å²) in [4.78, 5) is 22.5. The first-order valence-corrected chi connectivity index (χ1v) is 6.89. The van der Waals surface area contributed by atoms with Crippen molar-refractivity contribution in [3.63, 3.8) is 0 Å². The molecule has 23 heavy (non-hydrogen) atoms. The highest BCUT2D eigenvalue weighted by Crippen LogP contribution is 2.23. The number of anilines is 1. The summed E-state index contributed by atoms with van der Waals surface area (Å²) in [6.07, 6.45) is 0. The van der Waals surface area contributed by atoms with Crippen LogP contribution in [0.15, 0.2) is 36.4 Å². The van der Waals surface area contributed by atoms with Crippen LogP contribution in [-0.2, 0) is 0 Å². The number of benzene rings is 2. The highest BCUT2D eigenvalue weighted by molar-refractivity contribution is 6.62. The summed E-state index contributed by atoms with van der Waals surface area (Å²) < 4.78 is 0. The molecule has 118 valence electrons. The van der Waals surface area contributed by atoms with Gasteiger partial charge in [-0.25, -0.2) is 0 Å². The van der Waals surface area contributed by atoms with Gasteiger partial charge < -0.3 is 15.4 Å². The minimum absolute atomic E-state index is 0.0301. The highest BCUT2D eigenvalue weighted by atomic mass is 35.5. The number of nitro groups is 1. The maximum absolute atomic E-state index is 12.1. The topological polar surface area (TPSA) is 113 Å². The Morgan fingerprint density at radius 2 is 1.96 bits per heavy atom. The van der Waals surface area contributed by atoms with Gasteiger partial charge in [0.05, 0.1) is 4.92 Å². The number of aryl methyl sites for hydroxylation is 1. The van der Waals surface area contributed by atoms with E-state index in [0.717, 1.165) is 0 Å². The molecule has 7 nitrogen and oxygen atoms in total. The molecule has 0 heterocycles. The summed E-state index contributed by atoms with van der Waals surface area (Å²) >= 11 is 5.87. The molecule has 9 heteroatoms.